The quantitative estimate of drug-likeness (QED) is 0.625. The maximum Gasteiger partial charge on any atom is 0.252 e. The monoisotopic (exact) mass is 450 g/mol. The van der Waals surface area contributed by atoms with Crippen LogP contribution in [0.3, 0.4) is 0 Å². The van der Waals surface area contributed by atoms with Crippen LogP contribution in [0.15, 0.2) is 41.2 Å². The van der Waals surface area contributed by atoms with E-state index in [1.807, 2.05) is 13.0 Å². The fraction of sp³-hybridized carbons (Fsp3) is 0.519. The first-order chi connectivity index (χ1) is 16.0. The molecule has 33 heavy (non-hydrogen) atoms. The number of piperidine rings is 1. The second-order valence-electron chi connectivity index (χ2n) is 9.45. The maximum absolute atomic E-state index is 12.6. The van der Waals surface area contributed by atoms with Gasteiger partial charge >= 0.3 is 0 Å². The minimum absolute atomic E-state index is 0.0702. The first-order valence-corrected chi connectivity index (χ1v) is 12.3. The van der Waals surface area contributed by atoms with Gasteiger partial charge in [0.1, 0.15) is 6.23 Å². The van der Waals surface area contributed by atoms with Gasteiger partial charge in [-0.2, -0.15) is 0 Å². The summed E-state index contributed by atoms with van der Waals surface area (Å²) in [4.78, 5) is 20.5. The van der Waals surface area contributed by atoms with E-state index in [2.05, 4.69) is 64.4 Å². The van der Waals surface area contributed by atoms with Crippen molar-refractivity contribution in [3.05, 3.63) is 74.7 Å². The Morgan fingerprint density at radius 2 is 1.97 bits per heavy atom. The molecule has 1 fully saturated rings. The Balaban J connectivity index is 1.68. The number of likely N-dealkylation sites (tertiary alicyclic amines) is 1. The molecular weight excluding hydrogens is 412 g/mol. The molecule has 0 radical (unpaired) electrons. The number of H-pyrrole nitrogens is 1. The highest BCUT2D eigenvalue weighted by Crippen LogP contribution is 2.32. The van der Waals surface area contributed by atoms with Gasteiger partial charge in [0.05, 0.1) is 0 Å². The molecule has 178 valence electrons. The molecular formula is C27H38N4O2. The summed E-state index contributed by atoms with van der Waals surface area (Å²) in [6.45, 7) is 7.66. The van der Waals surface area contributed by atoms with Crippen LogP contribution in [0, 0.1) is 6.92 Å². The van der Waals surface area contributed by atoms with Crippen molar-refractivity contribution in [3.8, 4) is 0 Å². The number of benzene rings is 1. The van der Waals surface area contributed by atoms with Crippen LogP contribution in [0.25, 0.3) is 0 Å². The van der Waals surface area contributed by atoms with Crippen LogP contribution in [-0.4, -0.2) is 47.7 Å². The molecule has 0 bridgehead atoms. The van der Waals surface area contributed by atoms with E-state index in [1.165, 1.54) is 11.3 Å². The van der Waals surface area contributed by atoms with E-state index in [-0.39, 0.29) is 5.56 Å². The summed E-state index contributed by atoms with van der Waals surface area (Å²) in [5.41, 5.74) is 5.86. The number of aliphatic hydroxyl groups is 1. The first-order valence-electron chi connectivity index (χ1n) is 12.3. The third-order valence-corrected chi connectivity index (χ3v) is 7.17. The Morgan fingerprint density at radius 3 is 2.73 bits per heavy atom. The maximum atomic E-state index is 12.6. The average Bonchev–Trinajstić information content (AvgIpc) is 2.79. The lowest BCUT2D eigenvalue weighted by Crippen LogP contribution is -2.44. The van der Waals surface area contributed by atoms with Gasteiger partial charge in [-0.3, -0.25) is 10.1 Å². The van der Waals surface area contributed by atoms with Gasteiger partial charge in [0, 0.05) is 41.6 Å². The van der Waals surface area contributed by atoms with Crippen molar-refractivity contribution in [1.29, 1.82) is 0 Å². The fourth-order valence-corrected chi connectivity index (χ4v) is 5.34. The number of rotatable bonds is 3. The molecule has 1 aromatic carbocycles. The molecule has 0 aliphatic carbocycles. The van der Waals surface area contributed by atoms with E-state index < -0.39 is 6.23 Å². The van der Waals surface area contributed by atoms with E-state index in [4.69, 9.17) is 0 Å². The number of anilines is 1. The van der Waals surface area contributed by atoms with Crippen LogP contribution in [0.5, 0.6) is 0 Å². The summed E-state index contributed by atoms with van der Waals surface area (Å²) in [6.07, 6.45) is 8.41. The number of aromatic amines is 1. The number of fused-ring (bicyclic) bond motifs is 2. The zero-order valence-electron chi connectivity index (χ0n) is 20.2. The Bertz CT molecular complexity index is 1040. The van der Waals surface area contributed by atoms with Crippen molar-refractivity contribution < 1.29 is 5.11 Å². The largest absolute Gasteiger partial charge is 0.374 e. The Kier molecular flexibility index (Phi) is 7.68. The van der Waals surface area contributed by atoms with Crippen LogP contribution < -0.4 is 15.8 Å². The van der Waals surface area contributed by atoms with Gasteiger partial charge in [0.2, 0.25) is 0 Å². The van der Waals surface area contributed by atoms with Gasteiger partial charge in [0.25, 0.3) is 5.56 Å². The van der Waals surface area contributed by atoms with E-state index in [0.717, 1.165) is 68.6 Å². The molecule has 6 nitrogen and oxygen atoms in total. The smallest absolute Gasteiger partial charge is 0.252 e. The predicted octanol–water partition coefficient (Wildman–Crippen LogP) is 3.43. The molecule has 0 spiro atoms. The highest BCUT2D eigenvalue weighted by atomic mass is 16.3. The Hall–Kier alpha value is -2.41. The Morgan fingerprint density at radius 1 is 1.18 bits per heavy atom. The number of aliphatic hydroxyl groups excluding tert-OH is 1. The number of hydrogen-bond acceptors (Lipinski definition) is 5. The van der Waals surface area contributed by atoms with Gasteiger partial charge in [0.15, 0.2) is 0 Å². The molecule has 1 unspecified atom stereocenters. The standard InChI is InChI=1S/C27H38N4O2/c1-4-31(21-13-15-30(3)16-14-21)25-12-8-11-23-22(25)10-7-5-6-9-20-17-19(2)29-27(33)24(20)18-28-26(23)32/h5,7-8,11-12,17,21,26,28,32H,4,6,9-10,13-16,18H2,1-3H3,(H,29,33). The van der Waals surface area contributed by atoms with Crippen molar-refractivity contribution in [2.24, 2.45) is 0 Å². The van der Waals surface area contributed by atoms with Crippen LogP contribution in [0.4, 0.5) is 5.69 Å². The molecule has 2 aliphatic rings. The van der Waals surface area contributed by atoms with Crippen molar-refractivity contribution in [2.75, 3.05) is 31.6 Å². The summed E-state index contributed by atoms with van der Waals surface area (Å²) >= 11 is 0. The topological polar surface area (TPSA) is 71.6 Å². The second kappa shape index (κ2) is 10.7. The highest BCUT2D eigenvalue weighted by Gasteiger charge is 2.26. The second-order valence-corrected chi connectivity index (χ2v) is 9.45. The third kappa shape index (κ3) is 5.40. The third-order valence-electron chi connectivity index (χ3n) is 7.17. The van der Waals surface area contributed by atoms with Crippen molar-refractivity contribution >= 4 is 5.69 Å². The molecule has 4 rings (SSSR count). The Labute approximate surface area is 197 Å². The highest BCUT2D eigenvalue weighted by molar-refractivity contribution is 5.59. The van der Waals surface area contributed by atoms with E-state index in [0.29, 0.717) is 18.2 Å². The fourth-order valence-electron chi connectivity index (χ4n) is 5.34. The van der Waals surface area contributed by atoms with Gasteiger partial charge in [-0.1, -0.05) is 24.3 Å². The number of hydrogen-bond donors (Lipinski definition) is 3. The summed E-state index contributed by atoms with van der Waals surface area (Å²) in [7, 11) is 2.19. The van der Waals surface area contributed by atoms with E-state index in [9.17, 15) is 9.90 Å². The number of nitrogens with one attached hydrogen (secondary N) is 2. The molecule has 1 atom stereocenters. The number of aryl methyl sites for hydroxylation is 2. The zero-order chi connectivity index (χ0) is 23.4. The lowest BCUT2D eigenvalue weighted by molar-refractivity contribution is 0.136. The minimum Gasteiger partial charge on any atom is -0.374 e. The van der Waals surface area contributed by atoms with Crippen LogP contribution in [0.1, 0.15) is 60.4 Å². The summed E-state index contributed by atoms with van der Waals surface area (Å²) < 4.78 is 0. The molecule has 1 saturated heterocycles. The molecule has 2 aromatic rings. The molecule has 2 aliphatic heterocycles. The number of aromatic nitrogens is 1. The molecule has 3 N–H and O–H groups in total. The molecule has 6 heteroatoms. The average molecular weight is 451 g/mol. The van der Waals surface area contributed by atoms with Crippen molar-refractivity contribution in [2.45, 2.75) is 64.8 Å². The van der Waals surface area contributed by atoms with Crippen molar-refractivity contribution in [3.63, 3.8) is 0 Å². The van der Waals surface area contributed by atoms with Crippen LogP contribution >= 0.6 is 0 Å². The molecule has 0 saturated carbocycles. The van der Waals surface area contributed by atoms with Gasteiger partial charge in [-0.15, -0.1) is 0 Å². The zero-order valence-corrected chi connectivity index (χ0v) is 20.2. The van der Waals surface area contributed by atoms with Crippen LogP contribution in [-0.2, 0) is 19.4 Å². The number of nitrogens with zero attached hydrogens (tertiary/aromatic N) is 2. The molecule has 3 heterocycles. The number of pyridine rings is 1. The SMILES string of the molecule is CCN(c1cccc2c1CC=CCCc1cc(C)[nH]c(=O)c1CNC2O)C1CCN(C)CC1. The predicted molar refractivity (Wildman–Crippen MR) is 135 cm³/mol. The van der Waals surface area contributed by atoms with Crippen molar-refractivity contribution in [1.82, 2.24) is 15.2 Å². The molecule has 0 amide bonds. The lowest BCUT2D eigenvalue weighted by Gasteiger charge is -2.39. The van der Waals surface area contributed by atoms with Gasteiger partial charge in [-0.05, 0) is 89.3 Å². The van der Waals surface area contributed by atoms with E-state index in [1.54, 1.807) is 0 Å². The molecule has 1 aromatic heterocycles. The summed E-state index contributed by atoms with van der Waals surface area (Å²) in [5.74, 6) is 0. The summed E-state index contributed by atoms with van der Waals surface area (Å²) in [6, 6.07) is 8.84. The van der Waals surface area contributed by atoms with E-state index >= 15 is 0 Å². The van der Waals surface area contributed by atoms with Crippen LogP contribution in [0.2, 0.25) is 0 Å². The minimum atomic E-state index is -0.836. The van der Waals surface area contributed by atoms with Gasteiger partial charge < -0.3 is 19.9 Å². The van der Waals surface area contributed by atoms with Gasteiger partial charge in [-0.25, -0.2) is 0 Å². The number of allylic oxidation sites excluding steroid dienone is 2. The lowest BCUT2D eigenvalue weighted by atomic mass is 9.95. The first kappa shape index (κ1) is 23.7. The summed E-state index contributed by atoms with van der Waals surface area (Å²) in [5, 5.41) is 14.4. The normalized spacial score (nSPS) is 20.4.